The second-order valence-corrected chi connectivity index (χ2v) is 8.35. The molecular weight excluding hydrogens is 340 g/mol. The molecule has 0 bridgehead atoms. The van der Waals surface area contributed by atoms with Gasteiger partial charge in [-0.1, -0.05) is 60.4 Å². The summed E-state index contributed by atoms with van der Waals surface area (Å²) in [7, 11) is 0. The fourth-order valence-electron chi connectivity index (χ4n) is 2.13. The molecule has 2 atom stereocenters. The van der Waals surface area contributed by atoms with E-state index in [-0.39, 0.29) is 11.2 Å². The number of rotatable bonds is 8. The summed E-state index contributed by atoms with van der Waals surface area (Å²) in [4.78, 5) is 12.6. The van der Waals surface area contributed by atoms with E-state index in [1.807, 2.05) is 30.3 Å². The zero-order valence-electron chi connectivity index (χ0n) is 13.9. The molecule has 2 N–H and O–H groups in total. The fourth-order valence-corrected chi connectivity index (χ4v) is 4.20. The summed E-state index contributed by atoms with van der Waals surface area (Å²) in [5.41, 5.74) is 0.993. The first-order valence-corrected chi connectivity index (χ1v) is 9.97. The number of hydrogen-bond acceptors (Lipinski definition) is 6. The normalized spacial score (nSPS) is 16.4. The van der Waals surface area contributed by atoms with Gasteiger partial charge in [-0.15, -0.1) is 10.2 Å². The Morgan fingerprint density at radius 1 is 1.33 bits per heavy atom. The zero-order chi connectivity index (χ0) is 16.9. The molecule has 1 aromatic carbocycles. The highest BCUT2D eigenvalue weighted by Gasteiger charge is 2.29. The smallest absolute Gasteiger partial charge is 0.238 e. The van der Waals surface area contributed by atoms with Gasteiger partial charge < -0.3 is 10.6 Å². The van der Waals surface area contributed by atoms with Crippen molar-refractivity contribution in [1.82, 2.24) is 15.5 Å². The predicted molar refractivity (Wildman–Crippen MR) is 99.5 cm³/mol. The second kappa shape index (κ2) is 7.98. The van der Waals surface area contributed by atoms with Gasteiger partial charge in [-0.2, -0.15) is 0 Å². The highest BCUT2D eigenvalue weighted by atomic mass is 32.2. The molecule has 0 radical (unpaired) electrons. The fraction of sp³-hybridized carbons (Fsp3) is 0.471. The van der Waals surface area contributed by atoms with E-state index in [1.165, 1.54) is 23.1 Å². The average molecular weight is 363 g/mol. The van der Waals surface area contributed by atoms with E-state index in [2.05, 4.69) is 34.7 Å². The van der Waals surface area contributed by atoms with Gasteiger partial charge in [0.2, 0.25) is 11.0 Å². The highest BCUT2D eigenvalue weighted by Crippen LogP contribution is 2.38. The van der Waals surface area contributed by atoms with Crippen molar-refractivity contribution in [2.75, 3.05) is 5.32 Å². The van der Waals surface area contributed by atoms with Crippen molar-refractivity contribution in [1.29, 1.82) is 0 Å². The van der Waals surface area contributed by atoms with Gasteiger partial charge in [0.1, 0.15) is 5.25 Å². The first kappa shape index (κ1) is 17.2. The van der Waals surface area contributed by atoms with Gasteiger partial charge in [-0.3, -0.25) is 4.79 Å². The van der Waals surface area contributed by atoms with Crippen LogP contribution in [-0.4, -0.2) is 28.2 Å². The van der Waals surface area contributed by atoms with Crippen LogP contribution in [0.3, 0.4) is 0 Å². The lowest BCUT2D eigenvalue weighted by atomic mass is 10.1. The number of thioether (sulfide) groups is 1. The van der Waals surface area contributed by atoms with Gasteiger partial charge >= 0.3 is 0 Å². The number of hydrogen-bond donors (Lipinski definition) is 2. The van der Waals surface area contributed by atoms with E-state index in [0.29, 0.717) is 12.1 Å². The van der Waals surface area contributed by atoms with Crippen LogP contribution in [0.2, 0.25) is 0 Å². The van der Waals surface area contributed by atoms with E-state index in [4.69, 9.17) is 0 Å². The Balaban J connectivity index is 1.72. The van der Waals surface area contributed by atoms with Crippen LogP contribution in [0.5, 0.6) is 0 Å². The molecule has 0 saturated heterocycles. The summed E-state index contributed by atoms with van der Waals surface area (Å²) in [6.07, 6.45) is 3.19. The third-order valence-corrected chi connectivity index (χ3v) is 6.06. The minimum absolute atomic E-state index is 0.0559. The highest BCUT2D eigenvalue weighted by molar-refractivity contribution is 8.01. The number of carbonyl (C=O) groups is 1. The molecule has 7 heteroatoms. The van der Waals surface area contributed by atoms with Gasteiger partial charge in [0.15, 0.2) is 4.34 Å². The monoisotopic (exact) mass is 362 g/mol. The van der Waals surface area contributed by atoms with E-state index in [9.17, 15) is 4.79 Å². The van der Waals surface area contributed by atoms with Crippen molar-refractivity contribution in [2.24, 2.45) is 0 Å². The molecule has 1 heterocycles. The van der Waals surface area contributed by atoms with Crippen LogP contribution in [-0.2, 0) is 4.79 Å². The summed E-state index contributed by atoms with van der Waals surface area (Å²) in [6, 6.07) is 10.6. The van der Waals surface area contributed by atoms with Crippen molar-refractivity contribution in [3.63, 3.8) is 0 Å². The van der Waals surface area contributed by atoms with Crippen LogP contribution >= 0.6 is 23.1 Å². The molecule has 0 unspecified atom stereocenters. The zero-order valence-corrected chi connectivity index (χ0v) is 15.5. The third kappa shape index (κ3) is 4.70. The maximum Gasteiger partial charge on any atom is 0.238 e. The van der Waals surface area contributed by atoms with Crippen LogP contribution in [0.15, 0.2) is 34.7 Å². The Hall–Kier alpha value is -1.60. The lowest BCUT2D eigenvalue weighted by Crippen LogP contribution is -2.29. The van der Waals surface area contributed by atoms with Crippen molar-refractivity contribution in [3.05, 3.63) is 35.9 Å². The Morgan fingerprint density at radius 2 is 2.08 bits per heavy atom. The van der Waals surface area contributed by atoms with E-state index in [1.54, 1.807) is 0 Å². The third-order valence-electron chi connectivity index (χ3n) is 3.87. The first-order valence-electron chi connectivity index (χ1n) is 8.27. The number of nitrogens with zero attached hydrogens (tertiary/aromatic N) is 2. The Kier molecular flexibility index (Phi) is 5.73. The molecule has 3 rings (SSSR count). The number of nitrogens with one attached hydrogen (secondary N) is 2. The van der Waals surface area contributed by atoms with Gasteiger partial charge in [-0.25, -0.2) is 0 Å². The molecule has 1 fully saturated rings. The molecule has 1 aliphatic carbocycles. The molecule has 2 aromatic rings. The number of aromatic nitrogens is 2. The van der Waals surface area contributed by atoms with E-state index in [0.717, 1.165) is 34.3 Å². The van der Waals surface area contributed by atoms with Gasteiger partial charge in [-0.05, 0) is 31.7 Å². The summed E-state index contributed by atoms with van der Waals surface area (Å²) < 4.78 is 0.806. The molecule has 1 amide bonds. The topological polar surface area (TPSA) is 66.9 Å². The van der Waals surface area contributed by atoms with Gasteiger partial charge in [0.05, 0.1) is 0 Å². The molecule has 128 valence electrons. The van der Waals surface area contributed by atoms with Crippen molar-refractivity contribution in [3.8, 4) is 0 Å². The largest absolute Gasteiger partial charge is 0.358 e. The van der Waals surface area contributed by atoms with Crippen LogP contribution in [0, 0.1) is 0 Å². The molecular formula is C17H22N4OS2. The second-order valence-electron chi connectivity index (χ2n) is 6.02. The maximum atomic E-state index is 12.6. The number of carbonyl (C=O) groups excluding carboxylic acids is 1. The van der Waals surface area contributed by atoms with Crippen molar-refractivity contribution in [2.45, 2.75) is 54.8 Å². The van der Waals surface area contributed by atoms with Crippen LogP contribution in [0.4, 0.5) is 5.13 Å². The quantitative estimate of drug-likeness (QED) is 0.698. The Morgan fingerprint density at radius 3 is 2.75 bits per heavy atom. The summed E-state index contributed by atoms with van der Waals surface area (Å²) in [5, 5.41) is 15.4. The molecule has 0 aliphatic heterocycles. The lowest BCUT2D eigenvalue weighted by molar-refractivity contribution is -0.120. The number of amides is 1. The molecule has 1 saturated carbocycles. The van der Waals surface area contributed by atoms with E-state index >= 15 is 0 Å². The molecule has 24 heavy (non-hydrogen) atoms. The molecule has 1 aliphatic rings. The average Bonchev–Trinajstić information content (AvgIpc) is 3.30. The minimum Gasteiger partial charge on any atom is -0.358 e. The van der Waals surface area contributed by atoms with Gasteiger partial charge in [0.25, 0.3) is 0 Å². The number of benzene rings is 1. The summed E-state index contributed by atoms with van der Waals surface area (Å²) in [5.74, 6) is 0.0559. The van der Waals surface area contributed by atoms with Crippen LogP contribution < -0.4 is 10.6 Å². The van der Waals surface area contributed by atoms with E-state index < -0.39 is 0 Å². The molecule has 0 spiro atoms. The SMILES string of the molecule is CC[C@H](C)Nc1nnc(S[C@H](C(=O)NC2CC2)c2ccccc2)s1. The number of anilines is 1. The lowest BCUT2D eigenvalue weighted by Gasteiger charge is -2.15. The summed E-state index contributed by atoms with van der Waals surface area (Å²) in [6.45, 7) is 4.24. The van der Waals surface area contributed by atoms with Crippen molar-refractivity contribution >= 4 is 34.1 Å². The molecule has 1 aromatic heterocycles. The van der Waals surface area contributed by atoms with Crippen molar-refractivity contribution < 1.29 is 4.79 Å². The van der Waals surface area contributed by atoms with Crippen LogP contribution in [0.1, 0.15) is 43.9 Å². The standard InChI is InChI=1S/C17H22N4OS2/c1-3-11(2)18-16-20-21-17(24-16)23-14(12-7-5-4-6-8-12)15(22)19-13-9-10-13/h4-8,11,13-14H,3,9-10H2,1-2H3,(H,18,20)(H,19,22)/t11-,14-/m0/s1. The Labute approximate surface area is 150 Å². The van der Waals surface area contributed by atoms with Gasteiger partial charge in [0, 0.05) is 12.1 Å². The molecule has 5 nitrogen and oxygen atoms in total. The Bertz CT molecular complexity index is 672. The predicted octanol–water partition coefficient (Wildman–Crippen LogP) is 3.86. The minimum atomic E-state index is -0.295. The van der Waals surface area contributed by atoms with Crippen LogP contribution in [0.25, 0.3) is 0 Å². The summed E-state index contributed by atoms with van der Waals surface area (Å²) >= 11 is 2.97. The first-order chi connectivity index (χ1) is 11.7. The maximum absolute atomic E-state index is 12.6.